The van der Waals surface area contributed by atoms with Crippen LogP contribution in [0.15, 0.2) is 23.8 Å². The topological polar surface area (TPSA) is 85.2 Å². The molecule has 0 radical (unpaired) electrons. The standard InChI is InChI=1S/C25H36O6/c1-5-6-7-8-17-12-21(30-24(28)29-15-18(27)14-26)23-19-11-16(2)9-10-20(19)25(3,4)31-22(23)13-17/h11-13,18-20,26-27H,5-10,14-15H2,1-4H3/t18?,19-,20-/m1/s1. The number of fused-ring (bicyclic) bond motifs is 3. The van der Waals surface area contributed by atoms with Crippen LogP contribution in [0.1, 0.15) is 76.8 Å². The van der Waals surface area contributed by atoms with Gasteiger partial charge in [-0.15, -0.1) is 0 Å². The number of aliphatic hydroxyl groups is 2. The minimum Gasteiger partial charge on any atom is -0.487 e. The second kappa shape index (κ2) is 10.0. The number of carbonyl (C=O) groups excluding carboxylic acids is 1. The van der Waals surface area contributed by atoms with Gasteiger partial charge in [0.05, 0.1) is 6.61 Å². The van der Waals surface area contributed by atoms with Crippen LogP contribution in [0.5, 0.6) is 11.5 Å². The van der Waals surface area contributed by atoms with E-state index in [1.807, 2.05) is 6.07 Å². The number of hydrogen-bond donors (Lipinski definition) is 2. The van der Waals surface area contributed by atoms with Gasteiger partial charge in [0, 0.05) is 17.4 Å². The van der Waals surface area contributed by atoms with Crippen molar-refractivity contribution in [2.24, 2.45) is 5.92 Å². The smallest absolute Gasteiger partial charge is 0.487 e. The number of aryl methyl sites for hydroxylation is 1. The van der Waals surface area contributed by atoms with Crippen LogP contribution in [0.25, 0.3) is 0 Å². The summed E-state index contributed by atoms with van der Waals surface area (Å²) in [5.74, 6) is 1.61. The zero-order valence-corrected chi connectivity index (χ0v) is 19.1. The number of carbonyl (C=O) groups is 1. The highest BCUT2D eigenvalue weighted by molar-refractivity contribution is 5.67. The first-order valence-corrected chi connectivity index (χ1v) is 11.4. The first-order chi connectivity index (χ1) is 14.7. The van der Waals surface area contributed by atoms with Crippen molar-refractivity contribution in [1.82, 2.24) is 0 Å². The van der Waals surface area contributed by atoms with Crippen LogP contribution < -0.4 is 9.47 Å². The van der Waals surface area contributed by atoms with E-state index < -0.39 is 18.9 Å². The molecule has 3 rings (SSSR count). The molecule has 172 valence electrons. The van der Waals surface area contributed by atoms with Crippen LogP contribution in [-0.2, 0) is 11.2 Å². The van der Waals surface area contributed by atoms with E-state index in [-0.39, 0.29) is 24.0 Å². The zero-order valence-electron chi connectivity index (χ0n) is 19.1. The van der Waals surface area contributed by atoms with Crippen LogP contribution in [-0.4, -0.2) is 41.3 Å². The predicted molar refractivity (Wildman–Crippen MR) is 119 cm³/mol. The molecule has 0 bridgehead atoms. The average Bonchev–Trinajstić information content (AvgIpc) is 2.71. The van der Waals surface area contributed by atoms with Crippen molar-refractivity contribution in [3.8, 4) is 11.5 Å². The molecule has 6 heteroatoms. The zero-order chi connectivity index (χ0) is 22.6. The molecule has 0 amide bonds. The van der Waals surface area contributed by atoms with Gasteiger partial charge < -0.3 is 24.4 Å². The lowest BCUT2D eigenvalue weighted by Crippen LogP contribution is -2.45. The van der Waals surface area contributed by atoms with Crippen molar-refractivity contribution in [3.63, 3.8) is 0 Å². The lowest BCUT2D eigenvalue weighted by molar-refractivity contribution is 0.00812. The number of ether oxygens (including phenoxy) is 3. The van der Waals surface area contributed by atoms with E-state index in [4.69, 9.17) is 19.3 Å². The van der Waals surface area contributed by atoms with E-state index in [0.29, 0.717) is 5.75 Å². The van der Waals surface area contributed by atoms with Gasteiger partial charge in [-0.2, -0.15) is 0 Å². The third kappa shape index (κ3) is 5.60. The summed E-state index contributed by atoms with van der Waals surface area (Å²) in [6.45, 7) is 7.78. The summed E-state index contributed by atoms with van der Waals surface area (Å²) in [4.78, 5) is 12.3. The lowest BCUT2D eigenvalue weighted by atomic mass is 9.68. The van der Waals surface area contributed by atoms with Crippen LogP contribution in [0.4, 0.5) is 4.79 Å². The summed E-state index contributed by atoms with van der Waals surface area (Å²) in [7, 11) is 0. The predicted octanol–water partition coefficient (Wildman–Crippen LogP) is 4.90. The van der Waals surface area contributed by atoms with Crippen LogP contribution in [0, 0.1) is 5.92 Å². The Morgan fingerprint density at radius 2 is 2.10 bits per heavy atom. The minimum atomic E-state index is -1.13. The summed E-state index contributed by atoms with van der Waals surface area (Å²) in [5.41, 5.74) is 2.97. The molecule has 1 aromatic rings. The molecule has 2 N–H and O–H groups in total. The van der Waals surface area contributed by atoms with Crippen molar-refractivity contribution < 1.29 is 29.2 Å². The van der Waals surface area contributed by atoms with E-state index in [1.54, 1.807) is 0 Å². The molecule has 31 heavy (non-hydrogen) atoms. The van der Waals surface area contributed by atoms with Gasteiger partial charge in [0.25, 0.3) is 0 Å². The number of allylic oxidation sites excluding steroid dienone is 2. The molecular weight excluding hydrogens is 396 g/mol. The molecule has 0 spiro atoms. The van der Waals surface area contributed by atoms with Crippen molar-refractivity contribution in [3.05, 3.63) is 34.9 Å². The highest BCUT2D eigenvalue weighted by Gasteiger charge is 2.45. The SMILES string of the molecule is CCCCCc1cc(OC(=O)OCC(O)CO)c2c(c1)OC(C)(C)[C@@H]1CCC(C)=C[C@@H]21. The first-order valence-electron chi connectivity index (χ1n) is 11.4. The van der Waals surface area contributed by atoms with Crippen molar-refractivity contribution in [1.29, 1.82) is 0 Å². The molecule has 1 aliphatic heterocycles. The van der Waals surface area contributed by atoms with E-state index in [2.05, 4.69) is 39.8 Å². The van der Waals surface area contributed by atoms with Gasteiger partial charge in [-0.3, -0.25) is 0 Å². The Bertz CT molecular complexity index is 812. The Morgan fingerprint density at radius 1 is 1.32 bits per heavy atom. The number of rotatable bonds is 8. The second-order valence-corrected chi connectivity index (χ2v) is 9.35. The maximum absolute atomic E-state index is 12.3. The fourth-order valence-corrected chi connectivity index (χ4v) is 4.70. The summed E-state index contributed by atoms with van der Waals surface area (Å²) in [5, 5.41) is 18.4. The van der Waals surface area contributed by atoms with Gasteiger partial charge >= 0.3 is 6.16 Å². The van der Waals surface area contributed by atoms with Crippen LogP contribution in [0.2, 0.25) is 0 Å². The molecule has 0 fully saturated rings. The van der Waals surface area contributed by atoms with E-state index >= 15 is 0 Å². The molecular formula is C25H36O6. The molecule has 0 saturated heterocycles. The van der Waals surface area contributed by atoms with Crippen LogP contribution in [0.3, 0.4) is 0 Å². The molecule has 0 aromatic heterocycles. The molecule has 1 aromatic carbocycles. The highest BCUT2D eigenvalue weighted by atomic mass is 16.7. The van der Waals surface area contributed by atoms with E-state index in [0.717, 1.165) is 55.4 Å². The highest BCUT2D eigenvalue weighted by Crippen LogP contribution is 2.53. The molecule has 1 unspecified atom stereocenters. The van der Waals surface area contributed by atoms with E-state index in [9.17, 15) is 9.90 Å². The number of hydrogen-bond acceptors (Lipinski definition) is 6. The number of aliphatic hydroxyl groups excluding tert-OH is 2. The summed E-state index contributed by atoms with van der Waals surface area (Å²) in [6.07, 6.45) is 6.51. The van der Waals surface area contributed by atoms with Crippen molar-refractivity contribution in [2.75, 3.05) is 13.2 Å². The quantitative estimate of drug-likeness (QED) is 0.263. The summed E-state index contributed by atoms with van der Waals surface area (Å²) >= 11 is 0. The minimum absolute atomic E-state index is 0.100. The first kappa shape index (κ1) is 23.6. The fraction of sp³-hybridized carbons (Fsp3) is 0.640. The van der Waals surface area contributed by atoms with E-state index in [1.165, 1.54) is 5.57 Å². The summed E-state index contributed by atoms with van der Waals surface area (Å²) in [6, 6.07) is 4.02. The average molecular weight is 433 g/mol. The Kier molecular flexibility index (Phi) is 7.65. The van der Waals surface area contributed by atoms with Gasteiger partial charge in [-0.25, -0.2) is 4.79 Å². The normalized spacial score (nSPS) is 22.5. The summed E-state index contributed by atoms with van der Waals surface area (Å²) < 4.78 is 17.1. The molecule has 2 aliphatic rings. The number of unbranched alkanes of at least 4 members (excludes halogenated alkanes) is 2. The van der Waals surface area contributed by atoms with Gasteiger partial charge in [0.1, 0.15) is 29.8 Å². The second-order valence-electron chi connectivity index (χ2n) is 9.35. The molecule has 1 heterocycles. The van der Waals surface area contributed by atoms with Crippen molar-refractivity contribution >= 4 is 6.16 Å². The van der Waals surface area contributed by atoms with Gasteiger partial charge in [0.15, 0.2) is 0 Å². The third-order valence-corrected chi connectivity index (χ3v) is 6.38. The van der Waals surface area contributed by atoms with Gasteiger partial charge in [-0.05, 0) is 64.2 Å². The largest absolute Gasteiger partial charge is 0.513 e. The van der Waals surface area contributed by atoms with Gasteiger partial charge in [0.2, 0.25) is 0 Å². The molecule has 6 nitrogen and oxygen atoms in total. The third-order valence-electron chi connectivity index (χ3n) is 6.38. The number of benzene rings is 1. The lowest BCUT2D eigenvalue weighted by Gasteiger charge is -2.46. The Hall–Kier alpha value is -2.05. The molecule has 0 saturated carbocycles. The Balaban J connectivity index is 1.96. The van der Waals surface area contributed by atoms with Crippen molar-refractivity contribution in [2.45, 2.75) is 83.8 Å². The molecule has 3 atom stereocenters. The molecule has 1 aliphatic carbocycles. The maximum Gasteiger partial charge on any atom is 0.513 e. The van der Waals surface area contributed by atoms with Crippen LogP contribution >= 0.6 is 0 Å². The monoisotopic (exact) mass is 432 g/mol. The van der Waals surface area contributed by atoms with Gasteiger partial charge in [-0.1, -0.05) is 31.4 Å². The maximum atomic E-state index is 12.3. The fourth-order valence-electron chi connectivity index (χ4n) is 4.70. The Labute approximate surface area is 185 Å². The Morgan fingerprint density at radius 3 is 2.81 bits per heavy atom.